The Balaban J connectivity index is 1.32. The van der Waals surface area contributed by atoms with Gasteiger partial charge in [-0.1, -0.05) is 0 Å². The van der Waals surface area contributed by atoms with Gasteiger partial charge >= 0.3 is 0 Å². The summed E-state index contributed by atoms with van der Waals surface area (Å²) >= 11 is 1.53. The summed E-state index contributed by atoms with van der Waals surface area (Å²) < 4.78 is 25.7. The number of amides is 1. The first-order chi connectivity index (χ1) is 12.7. The summed E-state index contributed by atoms with van der Waals surface area (Å²) in [6.45, 7) is 0.464. The second-order valence-electron chi connectivity index (χ2n) is 5.52. The highest BCUT2D eigenvalue weighted by molar-refractivity contribution is 7.15. The van der Waals surface area contributed by atoms with Gasteiger partial charge in [0.05, 0.1) is 12.2 Å². The Morgan fingerprint density at radius 3 is 2.92 bits per heavy atom. The van der Waals surface area contributed by atoms with Crippen molar-refractivity contribution in [1.29, 1.82) is 0 Å². The molecule has 8 heteroatoms. The molecule has 3 heterocycles. The predicted octanol–water partition coefficient (Wildman–Crippen LogP) is 3.64. The molecule has 3 aromatic heterocycles. The maximum absolute atomic E-state index is 12.9. The zero-order valence-corrected chi connectivity index (χ0v) is 14.3. The van der Waals surface area contributed by atoms with Crippen molar-refractivity contribution in [2.45, 2.75) is 13.2 Å². The highest BCUT2D eigenvalue weighted by Crippen LogP contribution is 2.15. The summed E-state index contributed by atoms with van der Waals surface area (Å²) in [5.41, 5.74) is 0.775. The van der Waals surface area contributed by atoms with Crippen molar-refractivity contribution in [3.05, 3.63) is 77.2 Å². The van der Waals surface area contributed by atoms with Crippen molar-refractivity contribution in [1.82, 2.24) is 14.7 Å². The molecule has 26 heavy (non-hydrogen) atoms. The molecule has 0 spiro atoms. The van der Waals surface area contributed by atoms with E-state index in [1.165, 1.54) is 35.6 Å². The summed E-state index contributed by atoms with van der Waals surface area (Å²) in [6.07, 6.45) is 3.79. The van der Waals surface area contributed by atoms with Crippen molar-refractivity contribution in [2.75, 3.05) is 0 Å². The quantitative estimate of drug-likeness (QED) is 0.562. The van der Waals surface area contributed by atoms with Crippen LogP contribution in [0.4, 0.5) is 4.39 Å². The van der Waals surface area contributed by atoms with E-state index in [0.717, 1.165) is 10.7 Å². The van der Waals surface area contributed by atoms with Gasteiger partial charge in [-0.3, -0.25) is 9.20 Å². The fourth-order valence-corrected chi connectivity index (χ4v) is 3.10. The number of carbonyl (C=O) groups is 1. The minimum atomic E-state index is -0.327. The van der Waals surface area contributed by atoms with E-state index in [0.29, 0.717) is 18.1 Å². The summed E-state index contributed by atoms with van der Waals surface area (Å²) in [7, 11) is 0. The van der Waals surface area contributed by atoms with Crippen molar-refractivity contribution in [2.24, 2.45) is 0 Å². The molecule has 0 saturated carbocycles. The number of imidazole rings is 1. The van der Waals surface area contributed by atoms with Crippen LogP contribution >= 0.6 is 11.3 Å². The minimum absolute atomic E-state index is 0.149. The number of fused-ring (bicyclic) bond motifs is 1. The summed E-state index contributed by atoms with van der Waals surface area (Å²) in [6, 6.07) is 8.95. The SMILES string of the molecule is O=C(NCc1cn2ccsc2n1)c1ccc(COc2ccc(F)cc2)o1. The number of hydrogen-bond donors (Lipinski definition) is 1. The van der Waals surface area contributed by atoms with Crippen LogP contribution in [0.2, 0.25) is 0 Å². The van der Waals surface area contributed by atoms with Crippen molar-refractivity contribution in [3.63, 3.8) is 0 Å². The molecule has 132 valence electrons. The molecular formula is C18H14FN3O3S. The van der Waals surface area contributed by atoms with Gasteiger partial charge in [-0.2, -0.15) is 0 Å². The smallest absolute Gasteiger partial charge is 0.287 e. The van der Waals surface area contributed by atoms with Crippen LogP contribution in [0.5, 0.6) is 5.75 Å². The number of halogens is 1. The molecule has 1 N–H and O–H groups in total. The van der Waals surface area contributed by atoms with Crippen LogP contribution in [0.1, 0.15) is 22.0 Å². The predicted molar refractivity (Wildman–Crippen MR) is 93.7 cm³/mol. The van der Waals surface area contributed by atoms with Gasteiger partial charge in [-0.15, -0.1) is 11.3 Å². The largest absolute Gasteiger partial charge is 0.486 e. The van der Waals surface area contributed by atoms with Crippen molar-refractivity contribution in [3.8, 4) is 5.75 Å². The van der Waals surface area contributed by atoms with Crippen LogP contribution < -0.4 is 10.1 Å². The maximum atomic E-state index is 12.9. The first-order valence-electron chi connectivity index (χ1n) is 7.84. The standard InChI is InChI=1S/C18H14FN3O3S/c19-12-1-3-14(4-2-12)24-11-15-5-6-16(25-15)17(23)20-9-13-10-22-7-8-26-18(22)21-13/h1-8,10H,9,11H2,(H,20,23). The Kier molecular flexibility index (Phi) is 4.40. The lowest BCUT2D eigenvalue weighted by molar-refractivity contribution is 0.0918. The number of ether oxygens (including phenoxy) is 1. The molecule has 0 atom stereocenters. The van der Waals surface area contributed by atoms with Crippen LogP contribution in [-0.2, 0) is 13.2 Å². The Morgan fingerprint density at radius 2 is 2.12 bits per heavy atom. The lowest BCUT2D eigenvalue weighted by Crippen LogP contribution is -2.22. The molecule has 0 aliphatic carbocycles. The number of thiazole rings is 1. The van der Waals surface area contributed by atoms with Crippen LogP contribution in [0, 0.1) is 5.82 Å². The molecule has 0 aliphatic rings. The van der Waals surface area contributed by atoms with Crippen molar-refractivity contribution < 1.29 is 18.3 Å². The van der Waals surface area contributed by atoms with Crippen LogP contribution in [0.15, 0.2) is 58.6 Å². The molecule has 4 rings (SSSR count). The number of carbonyl (C=O) groups excluding carboxylic acids is 1. The van der Waals surface area contributed by atoms with E-state index in [1.807, 2.05) is 22.2 Å². The molecule has 1 amide bonds. The van der Waals surface area contributed by atoms with Crippen molar-refractivity contribution >= 4 is 22.2 Å². The number of benzene rings is 1. The highest BCUT2D eigenvalue weighted by Gasteiger charge is 2.12. The first kappa shape index (κ1) is 16.3. The molecule has 4 aromatic rings. The molecule has 0 fully saturated rings. The minimum Gasteiger partial charge on any atom is -0.486 e. The monoisotopic (exact) mass is 371 g/mol. The van der Waals surface area contributed by atoms with E-state index in [1.54, 1.807) is 12.1 Å². The third-order valence-corrected chi connectivity index (χ3v) is 4.42. The molecule has 0 bridgehead atoms. The van der Waals surface area contributed by atoms with Crippen LogP contribution in [0.3, 0.4) is 0 Å². The van der Waals surface area contributed by atoms with Gasteiger partial charge in [0.2, 0.25) is 0 Å². The lowest BCUT2D eigenvalue weighted by Gasteiger charge is -2.04. The number of rotatable bonds is 6. The maximum Gasteiger partial charge on any atom is 0.287 e. The van der Waals surface area contributed by atoms with Crippen LogP contribution in [-0.4, -0.2) is 15.3 Å². The second-order valence-corrected chi connectivity index (χ2v) is 6.39. The Hall–Kier alpha value is -3.13. The Morgan fingerprint density at radius 1 is 1.27 bits per heavy atom. The second kappa shape index (κ2) is 7.01. The van der Waals surface area contributed by atoms with Gasteiger partial charge in [0.15, 0.2) is 10.7 Å². The van der Waals surface area contributed by atoms with Gasteiger partial charge in [0, 0.05) is 17.8 Å². The number of aromatic nitrogens is 2. The number of nitrogens with zero attached hydrogens (tertiary/aromatic N) is 2. The van der Waals surface area contributed by atoms with Gasteiger partial charge in [-0.25, -0.2) is 9.37 Å². The molecule has 0 unspecified atom stereocenters. The molecule has 0 aliphatic heterocycles. The van der Waals surface area contributed by atoms with E-state index in [4.69, 9.17) is 9.15 Å². The van der Waals surface area contributed by atoms with Crippen LogP contribution in [0.25, 0.3) is 4.96 Å². The van der Waals surface area contributed by atoms with E-state index >= 15 is 0 Å². The molecule has 6 nitrogen and oxygen atoms in total. The Labute approximate surface area is 151 Å². The third kappa shape index (κ3) is 3.60. The number of hydrogen-bond acceptors (Lipinski definition) is 5. The van der Waals surface area contributed by atoms with Gasteiger partial charge in [-0.05, 0) is 36.4 Å². The molecule has 0 saturated heterocycles. The third-order valence-electron chi connectivity index (χ3n) is 3.65. The van der Waals surface area contributed by atoms with E-state index in [9.17, 15) is 9.18 Å². The zero-order chi connectivity index (χ0) is 17.9. The topological polar surface area (TPSA) is 68.8 Å². The Bertz CT molecular complexity index is 1010. The lowest BCUT2D eigenvalue weighted by atomic mass is 10.3. The van der Waals surface area contributed by atoms with E-state index < -0.39 is 0 Å². The van der Waals surface area contributed by atoms with Gasteiger partial charge in [0.25, 0.3) is 5.91 Å². The summed E-state index contributed by atoms with van der Waals surface area (Å²) in [5, 5.41) is 4.72. The van der Waals surface area contributed by atoms with E-state index in [-0.39, 0.29) is 24.1 Å². The molecule has 1 aromatic carbocycles. The number of nitrogens with one attached hydrogen (secondary N) is 1. The average molecular weight is 371 g/mol. The molecular weight excluding hydrogens is 357 g/mol. The average Bonchev–Trinajstić information content (AvgIpc) is 3.35. The zero-order valence-electron chi connectivity index (χ0n) is 13.5. The van der Waals surface area contributed by atoms with Gasteiger partial charge < -0.3 is 14.5 Å². The fourth-order valence-electron chi connectivity index (χ4n) is 2.38. The molecule has 0 radical (unpaired) electrons. The van der Waals surface area contributed by atoms with E-state index in [2.05, 4.69) is 10.3 Å². The highest BCUT2D eigenvalue weighted by atomic mass is 32.1. The summed E-state index contributed by atoms with van der Waals surface area (Å²) in [4.78, 5) is 17.5. The number of furan rings is 1. The first-order valence-corrected chi connectivity index (χ1v) is 8.72. The van der Waals surface area contributed by atoms with Gasteiger partial charge in [0.1, 0.15) is 23.9 Å². The normalized spacial score (nSPS) is 11.0. The fraction of sp³-hybridized carbons (Fsp3) is 0.111. The summed E-state index contributed by atoms with van der Waals surface area (Å²) in [5.74, 6) is 0.570.